The number of carbonyl (C=O) groups excluding carboxylic acids is 1. The number of hydrogen-bond acceptors (Lipinski definition) is 4. The SMILES string of the molecule is O=C(NC1CC1)c1cnc(OC2CCOCC2)c(Cl)c1. The van der Waals surface area contributed by atoms with Crippen LogP contribution in [0.15, 0.2) is 12.3 Å². The molecule has 1 aromatic heterocycles. The molecule has 2 heterocycles. The fourth-order valence-corrected chi connectivity index (χ4v) is 2.30. The highest BCUT2D eigenvalue weighted by Crippen LogP contribution is 2.26. The van der Waals surface area contributed by atoms with Crippen LogP contribution in [0.2, 0.25) is 5.02 Å². The van der Waals surface area contributed by atoms with E-state index in [1.54, 1.807) is 6.07 Å². The van der Waals surface area contributed by atoms with Crippen LogP contribution in [0.5, 0.6) is 5.88 Å². The number of aromatic nitrogens is 1. The first-order valence-corrected chi connectivity index (χ1v) is 7.31. The van der Waals surface area contributed by atoms with Crippen LogP contribution in [0.4, 0.5) is 0 Å². The van der Waals surface area contributed by atoms with Gasteiger partial charge in [-0.2, -0.15) is 0 Å². The monoisotopic (exact) mass is 296 g/mol. The van der Waals surface area contributed by atoms with Crippen LogP contribution < -0.4 is 10.1 Å². The van der Waals surface area contributed by atoms with Crippen molar-refractivity contribution >= 4 is 17.5 Å². The highest BCUT2D eigenvalue weighted by atomic mass is 35.5. The first-order valence-electron chi connectivity index (χ1n) is 6.93. The molecule has 108 valence electrons. The van der Waals surface area contributed by atoms with Crippen LogP contribution in [0.1, 0.15) is 36.0 Å². The minimum absolute atomic E-state index is 0.0832. The molecule has 0 spiro atoms. The molecule has 0 unspecified atom stereocenters. The highest BCUT2D eigenvalue weighted by Gasteiger charge is 2.24. The van der Waals surface area contributed by atoms with Crippen molar-refractivity contribution in [1.82, 2.24) is 10.3 Å². The average Bonchev–Trinajstić information content (AvgIpc) is 3.26. The summed E-state index contributed by atoms with van der Waals surface area (Å²) in [6, 6.07) is 1.93. The lowest BCUT2D eigenvalue weighted by atomic mass is 10.1. The van der Waals surface area contributed by atoms with Crippen LogP contribution in [0.25, 0.3) is 0 Å². The van der Waals surface area contributed by atoms with E-state index in [2.05, 4.69) is 10.3 Å². The number of carbonyl (C=O) groups is 1. The zero-order valence-electron chi connectivity index (χ0n) is 11.1. The maximum Gasteiger partial charge on any atom is 0.253 e. The van der Waals surface area contributed by atoms with Crippen LogP contribution in [-0.2, 0) is 4.74 Å². The van der Waals surface area contributed by atoms with E-state index in [0.29, 0.717) is 35.7 Å². The smallest absolute Gasteiger partial charge is 0.253 e. The van der Waals surface area contributed by atoms with Gasteiger partial charge in [0.05, 0.1) is 18.8 Å². The van der Waals surface area contributed by atoms with Crippen molar-refractivity contribution in [2.45, 2.75) is 37.8 Å². The maximum atomic E-state index is 11.9. The molecular formula is C14H17ClN2O3. The van der Waals surface area contributed by atoms with Crippen molar-refractivity contribution in [2.75, 3.05) is 13.2 Å². The summed E-state index contributed by atoms with van der Waals surface area (Å²) in [5.41, 5.74) is 0.473. The van der Waals surface area contributed by atoms with Gasteiger partial charge >= 0.3 is 0 Å². The Kier molecular flexibility index (Phi) is 4.08. The van der Waals surface area contributed by atoms with Crippen molar-refractivity contribution in [2.24, 2.45) is 0 Å². The molecule has 0 radical (unpaired) electrons. The van der Waals surface area contributed by atoms with Crippen LogP contribution in [-0.4, -0.2) is 36.3 Å². The molecule has 0 atom stereocenters. The zero-order valence-corrected chi connectivity index (χ0v) is 11.9. The standard InChI is InChI=1S/C14H17ClN2O3/c15-12-7-9(13(18)17-10-1-2-10)8-16-14(12)20-11-3-5-19-6-4-11/h7-8,10-11H,1-6H2,(H,17,18). The van der Waals surface area contributed by atoms with E-state index in [1.807, 2.05) is 0 Å². The molecule has 1 aliphatic carbocycles. The van der Waals surface area contributed by atoms with Gasteiger partial charge in [0, 0.05) is 25.1 Å². The average molecular weight is 297 g/mol. The van der Waals surface area contributed by atoms with Gasteiger partial charge in [0.2, 0.25) is 5.88 Å². The molecule has 20 heavy (non-hydrogen) atoms. The summed E-state index contributed by atoms with van der Waals surface area (Å²) in [5, 5.41) is 3.28. The summed E-state index contributed by atoms with van der Waals surface area (Å²) in [4.78, 5) is 16.0. The van der Waals surface area contributed by atoms with E-state index < -0.39 is 0 Å². The predicted molar refractivity (Wildman–Crippen MR) is 74.2 cm³/mol. The van der Waals surface area contributed by atoms with E-state index in [-0.39, 0.29) is 12.0 Å². The third-order valence-electron chi connectivity index (χ3n) is 3.43. The second-order valence-electron chi connectivity index (χ2n) is 5.19. The minimum atomic E-state index is -0.125. The molecule has 5 nitrogen and oxygen atoms in total. The van der Waals surface area contributed by atoms with Crippen molar-refractivity contribution in [3.05, 3.63) is 22.8 Å². The highest BCUT2D eigenvalue weighted by molar-refractivity contribution is 6.32. The van der Waals surface area contributed by atoms with Gasteiger partial charge in [-0.1, -0.05) is 11.6 Å². The molecule has 1 aliphatic heterocycles. The molecule has 1 saturated carbocycles. The number of halogens is 1. The largest absolute Gasteiger partial charge is 0.473 e. The van der Waals surface area contributed by atoms with Crippen molar-refractivity contribution < 1.29 is 14.3 Å². The molecule has 1 saturated heterocycles. The summed E-state index contributed by atoms with van der Waals surface area (Å²) >= 11 is 6.15. The van der Waals surface area contributed by atoms with Gasteiger partial charge in [-0.3, -0.25) is 4.79 Å². The minimum Gasteiger partial charge on any atom is -0.473 e. The van der Waals surface area contributed by atoms with Gasteiger partial charge < -0.3 is 14.8 Å². The van der Waals surface area contributed by atoms with Crippen molar-refractivity contribution in [3.8, 4) is 5.88 Å². The number of hydrogen-bond donors (Lipinski definition) is 1. The van der Waals surface area contributed by atoms with E-state index in [4.69, 9.17) is 21.1 Å². The zero-order chi connectivity index (χ0) is 13.9. The summed E-state index contributed by atoms with van der Waals surface area (Å²) in [7, 11) is 0. The number of nitrogens with zero attached hydrogens (tertiary/aromatic N) is 1. The topological polar surface area (TPSA) is 60.5 Å². The van der Waals surface area contributed by atoms with Crippen LogP contribution in [0.3, 0.4) is 0 Å². The number of nitrogens with one attached hydrogen (secondary N) is 1. The van der Waals surface area contributed by atoms with Gasteiger partial charge in [0.25, 0.3) is 5.91 Å². The van der Waals surface area contributed by atoms with Gasteiger partial charge in [0.15, 0.2) is 0 Å². The van der Waals surface area contributed by atoms with Crippen LogP contribution in [0, 0.1) is 0 Å². The molecule has 1 aromatic rings. The third kappa shape index (κ3) is 3.41. The van der Waals surface area contributed by atoms with Crippen molar-refractivity contribution in [3.63, 3.8) is 0 Å². The van der Waals surface area contributed by atoms with E-state index in [0.717, 1.165) is 25.7 Å². The number of amides is 1. The Labute approximate surface area is 122 Å². The molecule has 1 amide bonds. The Morgan fingerprint density at radius 1 is 1.35 bits per heavy atom. The normalized spacial score (nSPS) is 19.6. The first kappa shape index (κ1) is 13.6. The van der Waals surface area contributed by atoms with Gasteiger partial charge in [-0.25, -0.2) is 4.98 Å². The predicted octanol–water partition coefficient (Wildman–Crippen LogP) is 2.19. The fraction of sp³-hybridized carbons (Fsp3) is 0.571. The lowest BCUT2D eigenvalue weighted by Gasteiger charge is -2.23. The maximum absolute atomic E-state index is 11.9. The quantitative estimate of drug-likeness (QED) is 0.925. The molecule has 2 fully saturated rings. The lowest BCUT2D eigenvalue weighted by Crippen LogP contribution is -2.27. The Morgan fingerprint density at radius 2 is 2.10 bits per heavy atom. The van der Waals surface area contributed by atoms with Gasteiger partial charge in [-0.05, 0) is 18.9 Å². The van der Waals surface area contributed by atoms with Gasteiger partial charge in [0.1, 0.15) is 11.1 Å². The Hall–Kier alpha value is -1.33. The summed E-state index contributed by atoms with van der Waals surface area (Å²) in [6.07, 6.45) is 5.37. The molecule has 0 bridgehead atoms. The molecule has 0 aromatic carbocycles. The molecule has 1 N–H and O–H groups in total. The second kappa shape index (κ2) is 5.97. The Balaban J connectivity index is 1.64. The molecule has 2 aliphatic rings. The molecule has 6 heteroatoms. The van der Waals surface area contributed by atoms with Crippen LogP contribution >= 0.6 is 11.6 Å². The fourth-order valence-electron chi connectivity index (χ4n) is 2.08. The summed E-state index contributed by atoms with van der Waals surface area (Å²) in [6.45, 7) is 1.40. The summed E-state index contributed by atoms with van der Waals surface area (Å²) < 4.78 is 11.0. The molecule has 3 rings (SSSR count). The second-order valence-corrected chi connectivity index (χ2v) is 5.60. The summed E-state index contributed by atoms with van der Waals surface area (Å²) in [5.74, 6) is 0.265. The van der Waals surface area contributed by atoms with Crippen molar-refractivity contribution in [1.29, 1.82) is 0 Å². The van der Waals surface area contributed by atoms with E-state index in [1.165, 1.54) is 6.20 Å². The van der Waals surface area contributed by atoms with E-state index >= 15 is 0 Å². The lowest BCUT2D eigenvalue weighted by molar-refractivity contribution is 0.0238. The number of rotatable bonds is 4. The first-order chi connectivity index (χ1) is 9.72. The Bertz CT molecular complexity index is 499. The number of ether oxygens (including phenoxy) is 2. The number of pyridine rings is 1. The molecular weight excluding hydrogens is 280 g/mol. The van der Waals surface area contributed by atoms with Gasteiger partial charge in [-0.15, -0.1) is 0 Å². The third-order valence-corrected chi connectivity index (χ3v) is 3.70. The van der Waals surface area contributed by atoms with E-state index in [9.17, 15) is 4.79 Å². The Morgan fingerprint density at radius 3 is 2.75 bits per heavy atom.